The Hall–Kier alpha value is -1.39. The summed E-state index contributed by atoms with van der Waals surface area (Å²) in [6.07, 6.45) is 0.761. The minimum atomic E-state index is -0.275. The number of rotatable bonds is 4. The number of nitrogens with zero attached hydrogens (tertiary/aromatic N) is 2. The minimum absolute atomic E-state index is 0.161. The van der Waals surface area contributed by atoms with Gasteiger partial charge in [-0.25, -0.2) is 4.39 Å². The topological polar surface area (TPSA) is 43.8 Å². The summed E-state index contributed by atoms with van der Waals surface area (Å²) in [6, 6.07) is 6.10. The minimum Gasteiger partial charge on any atom is -0.326 e. The zero-order valence-corrected chi connectivity index (χ0v) is 12.7. The van der Waals surface area contributed by atoms with E-state index in [9.17, 15) is 4.39 Å². The van der Waals surface area contributed by atoms with Crippen molar-refractivity contribution >= 4 is 11.6 Å². The van der Waals surface area contributed by atoms with Gasteiger partial charge in [0.2, 0.25) is 0 Å². The molecule has 1 aromatic carbocycles. The highest BCUT2D eigenvalue weighted by atomic mass is 35.5. The molecule has 2 aromatic rings. The molecule has 0 spiro atoms. The number of aryl methyl sites for hydroxylation is 1. The van der Waals surface area contributed by atoms with Gasteiger partial charge in [-0.3, -0.25) is 4.68 Å². The first-order chi connectivity index (χ1) is 9.45. The molecule has 2 N–H and O–H groups in total. The Kier molecular flexibility index (Phi) is 4.45. The maximum atomic E-state index is 13.5. The molecule has 1 heterocycles. The molecule has 2 rings (SSSR count). The van der Waals surface area contributed by atoms with Crippen LogP contribution in [-0.2, 0) is 0 Å². The normalized spacial score (nSPS) is 14.3. The second kappa shape index (κ2) is 5.94. The number of nitrogens with two attached hydrogens (primary N) is 1. The lowest BCUT2D eigenvalue weighted by Gasteiger charge is -2.25. The average molecular weight is 296 g/mol. The zero-order valence-electron chi connectivity index (χ0n) is 11.9. The summed E-state index contributed by atoms with van der Waals surface area (Å²) in [4.78, 5) is 0. The van der Waals surface area contributed by atoms with Crippen molar-refractivity contribution in [1.82, 2.24) is 9.78 Å². The molecule has 0 aliphatic rings. The van der Waals surface area contributed by atoms with Crippen molar-refractivity contribution in [2.75, 3.05) is 0 Å². The molecule has 1 aromatic heterocycles. The van der Waals surface area contributed by atoms with Gasteiger partial charge in [0.25, 0.3) is 0 Å². The second-order valence-electron chi connectivity index (χ2n) is 5.00. The quantitative estimate of drug-likeness (QED) is 0.936. The van der Waals surface area contributed by atoms with E-state index < -0.39 is 0 Å². The van der Waals surface area contributed by atoms with E-state index in [-0.39, 0.29) is 17.9 Å². The van der Waals surface area contributed by atoms with Gasteiger partial charge in [0.1, 0.15) is 5.82 Å². The highest BCUT2D eigenvalue weighted by Gasteiger charge is 2.25. The van der Waals surface area contributed by atoms with Crippen LogP contribution >= 0.6 is 11.6 Å². The summed E-state index contributed by atoms with van der Waals surface area (Å²) < 4.78 is 15.3. The molecule has 0 aliphatic heterocycles. The molecular formula is C15H19ClFN3. The SMILES string of the molecule is CCC(N)C(c1cccc(F)c1)n1nc(C)c(Cl)c1C. The van der Waals surface area contributed by atoms with E-state index in [0.717, 1.165) is 23.4 Å². The van der Waals surface area contributed by atoms with Crippen LogP contribution in [0.15, 0.2) is 24.3 Å². The fourth-order valence-electron chi connectivity index (χ4n) is 2.40. The summed E-state index contributed by atoms with van der Waals surface area (Å²) in [5, 5.41) is 5.10. The highest BCUT2D eigenvalue weighted by Crippen LogP contribution is 2.29. The summed E-state index contributed by atoms with van der Waals surface area (Å²) in [6.45, 7) is 5.76. The van der Waals surface area contributed by atoms with E-state index in [1.54, 1.807) is 10.7 Å². The van der Waals surface area contributed by atoms with Crippen molar-refractivity contribution < 1.29 is 4.39 Å². The molecule has 0 saturated carbocycles. The van der Waals surface area contributed by atoms with Gasteiger partial charge < -0.3 is 5.73 Å². The lowest BCUT2D eigenvalue weighted by atomic mass is 9.98. The van der Waals surface area contributed by atoms with E-state index in [4.69, 9.17) is 17.3 Å². The fraction of sp³-hybridized carbons (Fsp3) is 0.400. The highest BCUT2D eigenvalue weighted by molar-refractivity contribution is 6.31. The molecular weight excluding hydrogens is 277 g/mol. The van der Waals surface area contributed by atoms with Crippen LogP contribution in [0.4, 0.5) is 4.39 Å². The molecule has 2 unspecified atom stereocenters. The molecule has 0 amide bonds. The van der Waals surface area contributed by atoms with Crippen LogP contribution in [0.3, 0.4) is 0 Å². The molecule has 0 saturated heterocycles. The van der Waals surface area contributed by atoms with Crippen LogP contribution in [-0.4, -0.2) is 15.8 Å². The van der Waals surface area contributed by atoms with Crippen LogP contribution < -0.4 is 5.73 Å². The molecule has 0 radical (unpaired) electrons. The van der Waals surface area contributed by atoms with Crippen LogP contribution in [0, 0.1) is 19.7 Å². The Labute approximate surface area is 123 Å². The maximum absolute atomic E-state index is 13.5. The van der Waals surface area contributed by atoms with Crippen LogP contribution in [0.5, 0.6) is 0 Å². The fourth-order valence-corrected chi connectivity index (χ4v) is 2.52. The smallest absolute Gasteiger partial charge is 0.123 e. The van der Waals surface area contributed by atoms with Crippen molar-refractivity contribution in [2.24, 2.45) is 5.73 Å². The van der Waals surface area contributed by atoms with Crippen molar-refractivity contribution in [3.63, 3.8) is 0 Å². The molecule has 5 heteroatoms. The number of halogens is 2. The lowest BCUT2D eigenvalue weighted by Crippen LogP contribution is -2.33. The average Bonchev–Trinajstić information content (AvgIpc) is 2.67. The molecule has 0 bridgehead atoms. The first-order valence-corrected chi connectivity index (χ1v) is 7.05. The summed E-state index contributed by atoms with van der Waals surface area (Å²) in [5.41, 5.74) is 8.65. The van der Waals surface area contributed by atoms with Gasteiger partial charge in [-0.2, -0.15) is 5.10 Å². The van der Waals surface area contributed by atoms with Gasteiger partial charge in [0, 0.05) is 6.04 Å². The Morgan fingerprint density at radius 1 is 1.40 bits per heavy atom. The van der Waals surface area contributed by atoms with E-state index in [2.05, 4.69) is 5.10 Å². The Bertz CT molecular complexity index is 609. The molecule has 3 nitrogen and oxygen atoms in total. The second-order valence-corrected chi connectivity index (χ2v) is 5.38. The summed E-state index contributed by atoms with van der Waals surface area (Å²) in [7, 11) is 0. The van der Waals surface area contributed by atoms with E-state index >= 15 is 0 Å². The number of aromatic nitrogens is 2. The Morgan fingerprint density at radius 2 is 2.10 bits per heavy atom. The molecule has 108 valence electrons. The summed E-state index contributed by atoms with van der Waals surface area (Å²) >= 11 is 6.21. The van der Waals surface area contributed by atoms with Gasteiger partial charge >= 0.3 is 0 Å². The van der Waals surface area contributed by atoms with Gasteiger partial charge in [0.15, 0.2) is 0 Å². The van der Waals surface area contributed by atoms with Gasteiger partial charge in [-0.15, -0.1) is 0 Å². The predicted octanol–water partition coefficient (Wildman–Crippen LogP) is 3.62. The molecule has 2 atom stereocenters. The van der Waals surface area contributed by atoms with Gasteiger partial charge in [-0.1, -0.05) is 30.7 Å². The largest absolute Gasteiger partial charge is 0.326 e. The third kappa shape index (κ3) is 2.72. The van der Waals surface area contributed by atoms with Gasteiger partial charge in [0.05, 0.1) is 22.5 Å². The van der Waals surface area contributed by atoms with Crippen LogP contribution in [0.1, 0.15) is 36.3 Å². The molecule has 0 aliphatic carbocycles. The molecule has 0 fully saturated rings. The number of hydrogen-bond donors (Lipinski definition) is 1. The first kappa shape index (κ1) is 15.0. The lowest BCUT2D eigenvalue weighted by molar-refractivity contribution is 0.414. The third-order valence-corrected chi connectivity index (χ3v) is 4.11. The van der Waals surface area contributed by atoms with E-state index in [0.29, 0.717) is 5.02 Å². The maximum Gasteiger partial charge on any atom is 0.123 e. The Morgan fingerprint density at radius 3 is 2.60 bits per heavy atom. The third-order valence-electron chi connectivity index (χ3n) is 3.57. The van der Waals surface area contributed by atoms with Crippen molar-refractivity contribution in [3.05, 3.63) is 52.1 Å². The number of hydrogen-bond acceptors (Lipinski definition) is 2. The van der Waals surface area contributed by atoms with Crippen molar-refractivity contribution in [2.45, 2.75) is 39.3 Å². The summed E-state index contributed by atoms with van der Waals surface area (Å²) in [5.74, 6) is -0.275. The zero-order chi connectivity index (χ0) is 14.9. The monoisotopic (exact) mass is 295 g/mol. The van der Waals surface area contributed by atoms with Crippen molar-refractivity contribution in [1.29, 1.82) is 0 Å². The van der Waals surface area contributed by atoms with E-state index in [1.807, 2.05) is 26.8 Å². The predicted molar refractivity (Wildman–Crippen MR) is 79.5 cm³/mol. The Balaban J connectivity index is 2.56. The van der Waals surface area contributed by atoms with Gasteiger partial charge in [-0.05, 0) is 38.0 Å². The van der Waals surface area contributed by atoms with Crippen LogP contribution in [0.2, 0.25) is 5.02 Å². The van der Waals surface area contributed by atoms with E-state index in [1.165, 1.54) is 12.1 Å². The first-order valence-electron chi connectivity index (χ1n) is 6.68. The standard InChI is InChI=1S/C15H19ClFN3/c1-4-13(18)15(11-6-5-7-12(17)8-11)20-10(3)14(16)9(2)19-20/h5-8,13,15H,4,18H2,1-3H3. The number of benzene rings is 1. The molecule has 20 heavy (non-hydrogen) atoms. The van der Waals surface area contributed by atoms with Crippen LogP contribution in [0.25, 0.3) is 0 Å². The van der Waals surface area contributed by atoms with Crippen molar-refractivity contribution in [3.8, 4) is 0 Å².